The predicted molar refractivity (Wildman–Crippen MR) is 223 cm³/mol. The Kier molecular flexibility index (Phi) is 9.97. The number of fused-ring (bicyclic) bond motifs is 4. The SMILES string of the molecule is CC(C)c1cccc(C(C)C)c1-n1c(-c2[c-]cc3sc4ccccc4c3c2)nc2ccccc21.[2H]C([2H])([2H])c1c[c-]c(-c2ccc([Si](C)(C)C)cn2)cc1.[Ir]. The largest absolute Gasteiger partial charge is 0.333 e. The van der Waals surface area contributed by atoms with Crippen molar-refractivity contribution in [1.29, 1.82) is 0 Å². The van der Waals surface area contributed by atoms with Crippen LogP contribution in [-0.2, 0) is 20.1 Å². The molecule has 0 N–H and O–H groups in total. The molecule has 3 nitrogen and oxygen atoms in total. The number of aromatic nitrogens is 3. The molecule has 0 fully saturated rings. The topological polar surface area (TPSA) is 30.7 Å². The minimum Gasteiger partial charge on any atom is -0.333 e. The fraction of sp³-hybridized carbons (Fsp3) is 0.217. The van der Waals surface area contributed by atoms with Crippen LogP contribution in [-0.4, -0.2) is 22.6 Å². The van der Waals surface area contributed by atoms with E-state index in [4.69, 9.17) is 9.10 Å². The van der Waals surface area contributed by atoms with Crippen LogP contribution in [0.4, 0.5) is 0 Å². The van der Waals surface area contributed by atoms with Crippen molar-refractivity contribution < 1.29 is 24.2 Å². The maximum absolute atomic E-state index is 7.35. The molecule has 0 aliphatic rings. The monoisotopic (exact) mass is 895 g/mol. The molecule has 3 heterocycles. The van der Waals surface area contributed by atoms with Crippen LogP contribution in [0.15, 0.2) is 115 Å². The zero-order valence-corrected chi connectivity index (χ0v) is 34.9. The van der Waals surface area contributed by atoms with E-state index in [9.17, 15) is 0 Å². The zero-order valence-electron chi connectivity index (χ0n) is 33.7. The van der Waals surface area contributed by atoms with Gasteiger partial charge in [-0.2, -0.15) is 11.3 Å². The van der Waals surface area contributed by atoms with Crippen LogP contribution in [0.5, 0.6) is 0 Å². The van der Waals surface area contributed by atoms with Gasteiger partial charge < -0.3 is 9.55 Å². The van der Waals surface area contributed by atoms with Gasteiger partial charge in [-0.15, -0.1) is 59.2 Å². The second-order valence-electron chi connectivity index (χ2n) is 14.7. The van der Waals surface area contributed by atoms with Crippen LogP contribution in [0.25, 0.3) is 59.5 Å². The molecule has 5 aromatic carbocycles. The summed E-state index contributed by atoms with van der Waals surface area (Å²) in [5.41, 5.74) is 9.07. The minimum atomic E-state index is -2.08. The standard InChI is InChI=1S/C31H27N2S.C15H18NSi.Ir/c1-19(2)22-11-9-12-23(20(3)4)30(22)33-27-14-7-6-13-26(27)32-31(33)21-16-17-29-25(18-21)24-10-5-8-15-28(24)34-29;1-12-5-7-13(8-6-12)15-10-9-14(11-16-15)17(2,3)4;/h5-15,17-20H,1-4H3;5-7,9-11H,1-4H3;/q2*-1;/i;1D3;. The van der Waals surface area contributed by atoms with Crippen LogP contribution in [0, 0.1) is 19.0 Å². The van der Waals surface area contributed by atoms with Gasteiger partial charge in [0.05, 0.1) is 24.9 Å². The molecule has 0 saturated heterocycles. The third-order valence-corrected chi connectivity index (χ3v) is 12.6. The fourth-order valence-electron chi connectivity index (χ4n) is 6.58. The van der Waals surface area contributed by atoms with Crippen molar-refractivity contribution in [2.24, 2.45) is 0 Å². The Bertz CT molecular complexity index is 2500. The van der Waals surface area contributed by atoms with Gasteiger partial charge in [0.2, 0.25) is 0 Å². The van der Waals surface area contributed by atoms with Crippen molar-refractivity contribution >= 4 is 55.8 Å². The average molecular weight is 895 g/mol. The summed E-state index contributed by atoms with van der Waals surface area (Å²) in [6.07, 6.45) is 1.92. The van der Waals surface area contributed by atoms with Crippen molar-refractivity contribution in [3.63, 3.8) is 0 Å². The normalized spacial score (nSPS) is 12.8. The second-order valence-corrected chi connectivity index (χ2v) is 20.9. The van der Waals surface area contributed by atoms with Crippen molar-refractivity contribution in [1.82, 2.24) is 14.5 Å². The van der Waals surface area contributed by atoms with E-state index in [0.29, 0.717) is 17.4 Å². The van der Waals surface area contributed by atoms with E-state index in [1.54, 1.807) is 12.1 Å². The number of nitrogens with zero attached hydrogens (tertiary/aromatic N) is 3. The molecule has 0 aliphatic heterocycles. The van der Waals surface area contributed by atoms with E-state index >= 15 is 0 Å². The molecule has 52 heavy (non-hydrogen) atoms. The van der Waals surface area contributed by atoms with E-state index in [1.807, 2.05) is 23.6 Å². The maximum atomic E-state index is 7.35. The quantitative estimate of drug-likeness (QED) is 0.123. The fourth-order valence-corrected chi connectivity index (χ4v) is 8.69. The molecule has 1 radical (unpaired) electrons. The summed E-state index contributed by atoms with van der Waals surface area (Å²) in [5, 5.41) is 3.88. The second kappa shape index (κ2) is 15.4. The van der Waals surface area contributed by atoms with Gasteiger partial charge in [0.15, 0.2) is 0 Å². The Balaban J connectivity index is 0.000000211. The number of benzene rings is 5. The number of pyridine rings is 1. The number of thiophene rings is 1. The van der Waals surface area contributed by atoms with E-state index < -0.39 is 14.9 Å². The van der Waals surface area contributed by atoms with Gasteiger partial charge in [-0.3, -0.25) is 4.98 Å². The third-order valence-electron chi connectivity index (χ3n) is 9.40. The van der Waals surface area contributed by atoms with Gasteiger partial charge >= 0.3 is 0 Å². The summed E-state index contributed by atoms with van der Waals surface area (Å²) in [4.78, 5) is 9.64. The molecule has 0 spiro atoms. The Labute approximate surface area is 331 Å². The van der Waals surface area contributed by atoms with Gasteiger partial charge in [0, 0.05) is 40.8 Å². The van der Waals surface area contributed by atoms with Crippen molar-refractivity contribution in [2.75, 3.05) is 0 Å². The number of imidazole rings is 1. The molecule has 0 atom stereocenters. The smallest absolute Gasteiger partial charge is 0.0795 e. The number of hydrogen-bond donors (Lipinski definition) is 0. The molecule has 0 bridgehead atoms. The Hall–Kier alpha value is -4.19. The Morgan fingerprint density at radius 2 is 1.44 bits per heavy atom. The predicted octanol–water partition coefficient (Wildman–Crippen LogP) is 12.5. The first-order chi connectivity index (χ1) is 25.7. The molecule has 265 valence electrons. The molecule has 3 aromatic heterocycles. The number of para-hydroxylation sites is 3. The summed E-state index contributed by atoms with van der Waals surface area (Å²) < 4.78 is 27.0. The van der Waals surface area contributed by atoms with Gasteiger partial charge in [0.25, 0.3) is 0 Å². The summed E-state index contributed by atoms with van der Waals surface area (Å²) in [7, 11) is -1.34. The van der Waals surface area contributed by atoms with E-state index in [1.165, 1.54) is 48.2 Å². The molecule has 8 aromatic rings. The molecule has 8 rings (SSSR count). The molecule has 6 heteroatoms. The van der Waals surface area contributed by atoms with Crippen molar-refractivity contribution in [3.05, 3.63) is 144 Å². The first kappa shape index (κ1) is 33.6. The van der Waals surface area contributed by atoms with Crippen LogP contribution in [0.2, 0.25) is 19.6 Å². The maximum Gasteiger partial charge on any atom is 0.0795 e. The third kappa shape index (κ3) is 7.49. The zero-order chi connectivity index (χ0) is 38.4. The molecular formula is C46H45IrN3SSi-2. The summed E-state index contributed by atoms with van der Waals surface area (Å²) in [6.45, 7) is 13.9. The molecule has 0 aliphatic carbocycles. The first-order valence-electron chi connectivity index (χ1n) is 19.1. The first-order valence-corrected chi connectivity index (χ1v) is 22.0. The number of aryl methyl sites for hydroxylation is 1. The number of rotatable bonds is 6. The molecule has 0 unspecified atom stereocenters. The van der Waals surface area contributed by atoms with Crippen LogP contribution in [0.3, 0.4) is 0 Å². The molecule has 0 amide bonds. The van der Waals surface area contributed by atoms with E-state index in [-0.39, 0.29) is 20.1 Å². The van der Waals surface area contributed by atoms with Crippen LogP contribution < -0.4 is 5.19 Å². The van der Waals surface area contributed by atoms with Crippen LogP contribution in [0.1, 0.15) is 60.3 Å². The molecular weight excluding hydrogens is 847 g/mol. The van der Waals surface area contributed by atoms with Gasteiger partial charge in [-0.1, -0.05) is 120 Å². The van der Waals surface area contributed by atoms with Crippen molar-refractivity contribution in [3.8, 4) is 28.3 Å². The van der Waals surface area contributed by atoms with E-state index in [0.717, 1.165) is 33.7 Å². The van der Waals surface area contributed by atoms with E-state index in [2.05, 4.69) is 154 Å². The van der Waals surface area contributed by atoms with Crippen LogP contribution >= 0.6 is 11.3 Å². The van der Waals surface area contributed by atoms with Gasteiger partial charge in [0.1, 0.15) is 0 Å². The Morgan fingerprint density at radius 3 is 2.10 bits per heavy atom. The Morgan fingerprint density at radius 1 is 0.731 bits per heavy atom. The average Bonchev–Trinajstić information content (AvgIpc) is 3.72. The summed E-state index contributed by atoms with van der Waals surface area (Å²) in [5.74, 6) is 1.75. The molecule has 0 saturated carbocycles. The summed E-state index contributed by atoms with van der Waals surface area (Å²) >= 11 is 1.83. The van der Waals surface area contributed by atoms with Gasteiger partial charge in [-0.05, 0) is 62.1 Å². The van der Waals surface area contributed by atoms with Crippen molar-refractivity contribution in [2.45, 2.75) is 66.0 Å². The summed E-state index contributed by atoms with van der Waals surface area (Å²) in [6, 6.07) is 43.8. The minimum absolute atomic E-state index is 0. The number of hydrogen-bond acceptors (Lipinski definition) is 3. The van der Waals surface area contributed by atoms with Gasteiger partial charge in [-0.25, -0.2) is 0 Å².